The van der Waals surface area contributed by atoms with Gasteiger partial charge in [-0.1, -0.05) is 0 Å². The molecule has 0 bridgehead atoms. The van der Waals surface area contributed by atoms with Crippen LogP contribution in [-0.4, -0.2) is 44.0 Å². The second-order valence-electron chi connectivity index (χ2n) is 4.01. The number of rotatable bonds is 3. The third-order valence-corrected chi connectivity index (χ3v) is 2.76. The number of anilines is 1. The molecule has 1 aromatic carbocycles. The number of methoxy groups -OCH3 is 2. The van der Waals surface area contributed by atoms with Crippen LogP contribution in [0.25, 0.3) is 0 Å². The molecule has 3 N–H and O–H groups in total. The summed E-state index contributed by atoms with van der Waals surface area (Å²) in [7, 11) is 2.95. The van der Waals surface area contributed by atoms with Crippen molar-refractivity contribution in [3.8, 4) is 17.2 Å². The van der Waals surface area contributed by atoms with Crippen LogP contribution in [0.2, 0.25) is 0 Å². The number of ether oxygens (including phenoxy) is 3. The van der Waals surface area contributed by atoms with Gasteiger partial charge in [-0.05, 0) is 0 Å². The zero-order valence-corrected chi connectivity index (χ0v) is 10.9. The first kappa shape index (κ1) is 13.8. The van der Waals surface area contributed by atoms with Crippen molar-refractivity contribution in [3.05, 3.63) is 12.1 Å². The molecule has 0 saturated heterocycles. The highest BCUT2D eigenvalue weighted by Gasteiger charge is 2.27. The Labute approximate surface area is 114 Å². The SMILES string of the molecule is COc1cc2c(cc1OC)OC[C@H](NC(=O)O)C(=O)N2. The molecule has 2 amide bonds. The molecule has 2 rings (SSSR count). The summed E-state index contributed by atoms with van der Waals surface area (Å²) in [4.78, 5) is 22.5. The predicted octanol–water partition coefficient (Wildman–Crippen LogP) is 0.671. The number of carboxylic acid groups (broad SMARTS) is 1. The van der Waals surface area contributed by atoms with Gasteiger partial charge in [0, 0.05) is 12.1 Å². The number of carbonyl (C=O) groups is 2. The second kappa shape index (κ2) is 5.55. The van der Waals surface area contributed by atoms with E-state index in [9.17, 15) is 9.59 Å². The second-order valence-corrected chi connectivity index (χ2v) is 4.01. The Morgan fingerprint density at radius 1 is 1.40 bits per heavy atom. The molecule has 1 aliphatic heterocycles. The Bertz CT molecular complexity index is 545. The van der Waals surface area contributed by atoms with Gasteiger partial charge in [-0.3, -0.25) is 4.79 Å². The lowest BCUT2D eigenvalue weighted by Gasteiger charge is -2.12. The van der Waals surface area contributed by atoms with E-state index in [0.29, 0.717) is 22.9 Å². The summed E-state index contributed by atoms with van der Waals surface area (Å²) in [5.74, 6) is 0.758. The first-order valence-corrected chi connectivity index (χ1v) is 5.74. The summed E-state index contributed by atoms with van der Waals surface area (Å²) >= 11 is 0. The summed E-state index contributed by atoms with van der Waals surface area (Å²) in [5, 5.41) is 13.3. The largest absolute Gasteiger partial charge is 0.493 e. The van der Waals surface area contributed by atoms with Gasteiger partial charge in [0.2, 0.25) is 0 Å². The lowest BCUT2D eigenvalue weighted by atomic mass is 10.2. The summed E-state index contributed by atoms with van der Waals surface area (Å²) in [6, 6.07) is 2.13. The van der Waals surface area contributed by atoms with Crippen LogP contribution in [0, 0.1) is 0 Å². The normalized spacial score (nSPS) is 17.1. The highest BCUT2D eigenvalue weighted by atomic mass is 16.5. The number of carbonyl (C=O) groups excluding carboxylic acids is 1. The van der Waals surface area contributed by atoms with Crippen molar-refractivity contribution in [3.63, 3.8) is 0 Å². The molecule has 1 heterocycles. The summed E-state index contributed by atoms with van der Waals surface area (Å²) in [5.41, 5.74) is 0.391. The maximum absolute atomic E-state index is 11.9. The minimum atomic E-state index is -1.30. The average molecular weight is 282 g/mol. The molecule has 0 saturated carbocycles. The van der Waals surface area contributed by atoms with Gasteiger partial charge in [-0.2, -0.15) is 0 Å². The number of hydrogen-bond donors (Lipinski definition) is 3. The van der Waals surface area contributed by atoms with Gasteiger partial charge in [0.1, 0.15) is 18.4 Å². The standard InChI is InChI=1S/C12H14N2O6/c1-18-9-3-6-8(4-10(9)19-2)20-5-7(11(15)13-6)14-12(16)17/h3-4,7,14H,5H2,1-2H3,(H,13,15)(H,16,17)/t7-/m0/s1. The topological polar surface area (TPSA) is 106 Å². The van der Waals surface area contributed by atoms with Crippen molar-refractivity contribution in [1.82, 2.24) is 5.32 Å². The lowest BCUT2D eigenvalue weighted by molar-refractivity contribution is -0.118. The van der Waals surface area contributed by atoms with Crippen molar-refractivity contribution >= 4 is 17.7 Å². The van der Waals surface area contributed by atoms with Gasteiger partial charge >= 0.3 is 6.09 Å². The molecule has 108 valence electrons. The van der Waals surface area contributed by atoms with Gasteiger partial charge in [-0.25, -0.2) is 4.79 Å². The molecule has 8 nitrogen and oxygen atoms in total. The van der Waals surface area contributed by atoms with Crippen LogP contribution in [0.15, 0.2) is 12.1 Å². The van der Waals surface area contributed by atoms with Crippen LogP contribution < -0.4 is 24.8 Å². The Kier molecular flexibility index (Phi) is 3.83. The van der Waals surface area contributed by atoms with Crippen LogP contribution >= 0.6 is 0 Å². The molecular weight excluding hydrogens is 268 g/mol. The Balaban J connectivity index is 2.30. The Hall–Kier alpha value is -2.64. The molecule has 1 aromatic rings. The van der Waals surface area contributed by atoms with E-state index in [1.165, 1.54) is 14.2 Å². The van der Waals surface area contributed by atoms with E-state index < -0.39 is 18.0 Å². The van der Waals surface area contributed by atoms with Gasteiger partial charge < -0.3 is 30.0 Å². The minimum absolute atomic E-state index is 0.110. The number of benzene rings is 1. The molecule has 20 heavy (non-hydrogen) atoms. The zero-order valence-electron chi connectivity index (χ0n) is 10.9. The molecule has 0 fully saturated rings. The molecule has 1 aliphatic rings. The first-order valence-electron chi connectivity index (χ1n) is 5.74. The summed E-state index contributed by atoms with van der Waals surface area (Å²) in [6.07, 6.45) is -1.30. The first-order chi connectivity index (χ1) is 9.55. The molecule has 0 aromatic heterocycles. The molecule has 0 unspecified atom stereocenters. The average Bonchev–Trinajstić information content (AvgIpc) is 2.56. The van der Waals surface area contributed by atoms with Crippen molar-refractivity contribution in [2.45, 2.75) is 6.04 Å². The van der Waals surface area contributed by atoms with Crippen molar-refractivity contribution < 1.29 is 28.9 Å². The van der Waals surface area contributed by atoms with Crippen LogP contribution in [0.1, 0.15) is 0 Å². The number of hydrogen-bond acceptors (Lipinski definition) is 5. The number of nitrogens with one attached hydrogen (secondary N) is 2. The molecule has 0 aliphatic carbocycles. The quantitative estimate of drug-likeness (QED) is 0.752. The number of amides is 2. The fraction of sp³-hybridized carbons (Fsp3) is 0.333. The van der Waals surface area contributed by atoms with Gasteiger partial charge in [-0.15, -0.1) is 0 Å². The summed E-state index contributed by atoms with van der Waals surface area (Å²) in [6.45, 7) is -0.110. The van der Waals surface area contributed by atoms with E-state index in [2.05, 4.69) is 10.6 Å². The van der Waals surface area contributed by atoms with E-state index in [4.69, 9.17) is 19.3 Å². The van der Waals surface area contributed by atoms with Crippen LogP contribution in [0.3, 0.4) is 0 Å². The highest BCUT2D eigenvalue weighted by Crippen LogP contribution is 2.38. The van der Waals surface area contributed by atoms with Crippen LogP contribution in [0.4, 0.5) is 10.5 Å². The number of fused-ring (bicyclic) bond motifs is 1. The smallest absolute Gasteiger partial charge is 0.405 e. The Morgan fingerprint density at radius 2 is 2.05 bits per heavy atom. The molecular formula is C12H14N2O6. The fourth-order valence-corrected chi connectivity index (χ4v) is 1.80. The Morgan fingerprint density at radius 3 is 2.65 bits per heavy atom. The zero-order chi connectivity index (χ0) is 14.7. The van der Waals surface area contributed by atoms with Gasteiger partial charge in [0.25, 0.3) is 5.91 Å². The van der Waals surface area contributed by atoms with E-state index in [0.717, 1.165) is 0 Å². The van der Waals surface area contributed by atoms with Crippen LogP contribution in [0.5, 0.6) is 17.2 Å². The van der Waals surface area contributed by atoms with Crippen molar-refractivity contribution in [1.29, 1.82) is 0 Å². The molecule has 1 atom stereocenters. The van der Waals surface area contributed by atoms with E-state index in [1.807, 2.05) is 0 Å². The molecule has 8 heteroatoms. The van der Waals surface area contributed by atoms with Crippen molar-refractivity contribution in [2.24, 2.45) is 0 Å². The third-order valence-electron chi connectivity index (χ3n) is 2.76. The summed E-state index contributed by atoms with van der Waals surface area (Å²) < 4.78 is 15.7. The van der Waals surface area contributed by atoms with E-state index in [-0.39, 0.29) is 6.61 Å². The maximum Gasteiger partial charge on any atom is 0.405 e. The van der Waals surface area contributed by atoms with Gasteiger partial charge in [0.15, 0.2) is 11.5 Å². The molecule has 0 radical (unpaired) electrons. The van der Waals surface area contributed by atoms with Crippen molar-refractivity contribution in [2.75, 3.05) is 26.1 Å². The van der Waals surface area contributed by atoms with Crippen LogP contribution in [-0.2, 0) is 4.79 Å². The predicted molar refractivity (Wildman–Crippen MR) is 68.6 cm³/mol. The van der Waals surface area contributed by atoms with Gasteiger partial charge in [0.05, 0.1) is 19.9 Å². The minimum Gasteiger partial charge on any atom is -0.493 e. The monoisotopic (exact) mass is 282 g/mol. The molecule has 0 spiro atoms. The van der Waals surface area contributed by atoms with E-state index >= 15 is 0 Å². The fourth-order valence-electron chi connectivity index (χ4n) is 1.80. The third kappa shape index (κ3) is 2.68. The highest BCUT2D eigenvalue weighted by molar-refractivity contribution is 5.98. The van der Waals surface area contributed by atoms with E-state index in [1.54, 1.807) is 12.1 Å². The lowest BCUT2D eigenvalue weighted by Crippen LogP contribution is -2.45. The maximum atomic E-state index is 11.9.